The van der Waals surface area contributed by atoms with Crippen LogP contribution < -0.4 is 0 Å². The van der Waals surface area contributed by atoms with E-state index in [0.717, 1.165) is 22.3 Å². The summed E-state index contributed by atoms with van der Waals surface area (Å²) in [6.07, 6.45) is 0.455. The Hall–Kier alpha value is -4.48. The van der Waals surface area contributed by atoms with E-state index in [2.05, 4.69) is 12.1 Å². The van der Waals surface area contributed by atoms with Crippen LogP contribution >= 0.6 is 0 Å². The van der Waals surface area contributed by atoms with Gasteiger partial charge in [0.2, 0.25) is 0 Å². The van der Waals surface area contributed by atoms with E-state index in [1.165, 1.54) is 4.31 Å². The van der Waals surface area contributed by atoms with Crippen molar-refractivity contribution in [3.63, 3.8) is 0 Å². The first-order valence-corrected chi connectivity index (χ1v) is 14.9. The molecular weight excluding hydrogens is 512 g/mol. The number of amidine groups is 1. The molecule has 6 rings (SSSR count). The van der Waals surface area contributed by atoms with E-state index in [4.69, 9.17) is 0 Å². The normalized spacial score (nSPS) is 18.5. The highest BCUT2D eigenvalue weighted by Gasteiger charge is 2.61. The molecule has 4 nitrogen and oxygen atoms in total. The summed E-state index contributed by atoms with van der Waals surface area (Å²) in [4.78, 5) is 0.182. The first-order chi connectivity index (χ1) is 19.5. The molecule has 198 valence electrons. The number of rotatable bonds is 7. The Bertz CT molecular complexity index is 1650. The summed E-state index contributed by atoms with van der Waals surface area (Å²) in [5, 5.41) is 9.91. The Labute approximate surface area is 236 Å². The Morgan fingerprint density at radius 2 is 1.02 bits per heavy atom. The summed E-state index contributed by atoms with van der Waals surface area (Å²) in [6.45, 7) is 0. The Morgan fingerprint density at radius 1 is 0.600 bits per heavy atom. The van der Waals surface area contributed by atoms with Crippen molar-refractivity contribution >= 4 is 15.9 Å². The molecule has 0 unspecified atom stereocenters. The van der Waals surface area contributed by atoms with Crippen LogP contribution in [-0.4, -0.2) is 24.6 Å². The molecule has 2 atom stereocenters. The number of hydrogen-bond acceptors (Lipinski definition) is 3. The second-order valence-electron chi connectivity index (χ2n) is 10.1. The Balaban J connectivity index is 1.70. The molecule has 0 aromatic heterocycles. The van der Waals surface area contributed by atoms with Crippen LogP contribution in [0.15, 0.2) is 157 Å². The second-order valence-corrected chi connectivity index (χ2v) is 12.0. The lowest BCUT2D eigenvalue weighted by Gasteiger charge is -2.37. The maximum absolute atomic E-state index is 14.6. The third kappa shape index (κ3) is 4.23. The van der Waals surface area contributed by atoms with Gasteiger partial charge in [0.05, 0.1) is 16.4 Å². The lowest BCUT2D eigenvalue weighted by Crippen LogP contribution is -2.43. The molecule has 1 heterocycles. The molecule has 0 saturated carbocycles. The van der Waals surface area contributed by atoms with Crippen molar-refractivity contribution < 1.29 is 8.42 Å². The van der Waals surface area contributed by atoms with Crippen molar-refractivity contribution in [1.29, 1.82) is 5.41 Å². The number of hydrogen-bond donors (Lipinski definition) is 1. The molecule has 1 aliphatic rings. The summed E-state index contributed by atoms with van der Waals surface area (Å²) in [5.41, 5.74) is 2.75. The summed E-state index contributed by atoms with van der Waals surface area (Å²) in [7, 11) is -4.08. The number of benzene rings is 5. The molecule has 0 amide bonds. The van der Waals surface area contributed by atoms with E-state index in [-0.39, 0.29) is 16.6 Å². The highest BCUT2D eigenvalue weighted by Crippen LogP contribution is 2.55. The van der Waals surface area contributed by atoms with Crippen molar-refractivity contribution in [2.45, 2.75) is 28.7 Å². The number of nitrogens with zero attached hydrogens (tertiary/aromatic N) is 1. The average molecular weight is 543 g/mol. The van der Waals surface area contributed by atoms with Crippen molar-refractivity contribution in [3.05, 3.63) is 174 Å². The maximum atomic E-state index is 14.6. The van der Waals surface area contributed by atoms with Crippen molar-refractivity contribution in [2.24, 2.45) is 0 Å². The summed E-state index contributed by atoms with van der Waals surface area (Å²) in [6, 6.07) is 47.9. The monoisotopic (exact) mass is 542 g/mol. The van der Waals surface area contributed by atoms with Gasteiger partial charge in [-0.15, -0.1) is 0 Å². The predicted octanol–water partition coefficient (Wildman–Crippen LogP) is 7.05. The highest BCUT2D eigenvalue weighted by atomic mass is 32.2. The average Bonchev–Trinajstić information content (AvgIpc) is 3.28. The molecule has 5 heteroatoms. The molecule has 0 aliphatic carbocycles. The van der Waals surface area contributed by atoms with E-state index in [0.29, 0.717) is 6.42 Å². The fourth-order valence-electron chi connectivity index (χ4n) is 6.31. The Morgan fingerprint density at radius 3 is 1.52 bits per heavy atom. The van der Waals surface area contributed by atoms with E-state index in [1.54, 1.807) is 30.3 Å². The van der Waals surface area contributed by atoms with Gasteiger partial charge in [-0.3, -0.25) is 5.41 Å². The molecule has 1 fully saturated rings. The fourth-order valence-corrected chi connectivity index (χ4v) is 7.97. The van der Waals surface area contributed by atoms with Crippen LogP contribution in [0, 0.1) is 5.41 Å². The zero-order chi connectivity index (χ0) is 27.6. The van der Waals surface area contributed by atoms with Gasteiger partial charge in [0.15, 0.2) is 0 Å². The zero-order valence-corrected chi connectivity index (χ0v) is 22.8. The highest BCUT2D eigenvalue weighted by molar-refractivity contribution is 7.89. The third-order valence-electron chi connectivity index (χ3n) is 7.95. The number of nitrogens with one attached hydrogen (secondary N) is 1. The fraction of sp³-hybridized carbons (Fsp3) is 0.114. The maximum Gasteiger partial charge on any atom is 0.265 e. The second kappa shape index (κ2) is 10.6. The lowest BCUT2D eigenvalue weighted by molar-refractivity contribution is 0.390. The van der Waals surface area contributed by atoms with E-state index in [1.807, 2.05) is 109 Å². The van der Waals surface area contributed by atoms with E-state index in [9.17, 15) is 13.8 Å². The molecule has 5 aromatic carbocycles. The van der Waals surface area contributed by atoms with Gasteiger partial charge in [0.1, 0.15) is 5.84 Å². The topological polar surface area (TPSA) is 61.2 Å². The van der Waals surface area contributed by atoms with Crippen LogP contribution in [0.4, 0.5) is 0 Å². The van der Waals surface area contributed by atoms with E-state index >= 15 is 0 Å². The van der Waals surface area contributed by atoms with Crippen LogP contribution in [0.5, 0.6) is 0 Å². The first-order valence-electron chi connectivity index (χ1n) is 13.4. The molecule has 0 radical (unpaired) electrons. The molecule has 1 N–H and O–H groups in total. The number of sulfonamides is 1. The smallest absolute Gasteiger partial charge is 0.265 e. The molecule has 1 saturated heterocycles. The van der Waals surface area contributed by atoms with Gasteiger partial charge >= 0.3 is 0 Å². The minimum absolute atomic E-state index is 0.0588. The lowest BCUT2D eigenvalue weighted by atomic mass is 9.62. The summed E-state index contributed by atoms with van der Waals surface area (Å²) >= 11 is 0. The molecule has 1 aliphatic heterocycles. The van der Waals surface area contributed by atoms with Gasteiger partial charge in [-0.05, 0) is 40.8 Å². The summed E-state index contributed by atoms with van der Waals surface area (Å²) in [5.74, 6) is -0.312. The molecule has 40 heavy (non-hydrogen) atoms. The summed E-state index contributed by atoms with van der Waals surface area (Å²) < 4.78 is 30.5. The van der Waals surface area contributed by atoms with Crippen LogP contribution in [-0.2, 0) is 21.9 Å². The molecule has 0 bridgehead atoms. The minimum Gasteiger partial charge on any atom is -0.286 e. The van der Waals surface area contributed by atoms with Gasteiger partial charge in [0.25, 0.3) is 10.0 Å². The molecule has 5 aromatic rings. The van der Waals surface area contributed by atoms with Crippen LogP contribution in [0.25, 0.3) is 0 Å². The van der Waals surface area contributed by atoms with Gasteiger partial charge in [-0.25, -0.2) is 12.7 Å². The van der Waals surface area contributed by atoms with Crippen molar-refractivity contribution in [3.8, 4) is 0 Å². The van der Waals surface area contributed by atoms with Crippen LogP contribution in [0.1, 0.15) is 28.2 Å². The van der Waals surface area contributed by atoms with Gasteiger partial charge in [-0.1, -0.05) is 140 Å². The van der Waals surface area contributed by atoms with Gasteiger partial charge < -0.3 is 0 Å². The third-order valence-corrected chi connectivity index (χ3v) is 9.79. The molecule has 0 spiro atoms. The van der Waals surface area contributed by atoms with Gasteiger partial charge in [0, 0.05) is 5.92 Å². The van der Waals surface area contributed by atoms with Gasteiger partial charge in [-0.2, -0.15) is 0 Å². The zero-order valence-electron chi connectivity index (χ0n) is 22.0. The predicted molar refractivity (Wildman–Crippen MR) is 160 cm³/mol. The molecular formula is C35H30N2O2S. The van der Waals surface area contributed by atoms with Crippen molar-refractivity contribution in [1.82, 2.24) is 4.31 Å². The van der Waals surface area contributed by atoms with Crippen molar-refractivity contribution in [2.75, 3.05) is 0 Å². The minimum atomic E-state index is -4.08. The van der Waals surface area contributed by atoms with Crippen LogP contribution in [0.2, 0.25) is 0 Å². The first kappa shape index (κ1) is 25.8. The largest absolute Gasteiger partial charge is 0.286 e. The van der Waals surface area contributed by atoms with E-state index < -0.39 is 21.5 Å². The van der Waals surface area contributed by atoms with Crippen LogP contribution in [0.3, 0.4) is 0 Å². The SMILES string of the molecule is N=C1N(S(=O)(=O)c2ccccc2)[C@H](Cc2ccccc2)[C@H](c2ccccc2)C1(c1ccccc1)c1ccccc1. The standard InChI is InChI=1S/C35H30N2O2S/c36-34-35(29-20-10-3-11-21-29,30-22-12-4-13-23-30)33(28-18-8-2-9-19-28)32(26-27-16-6-1-7-17-27)37(34)40(38,39)31-24-14-5-15-25-31/h1-25,32-33,36H,26H2/t32-,33+/m1/s1. The Kier molecular flexibility index (Phi) is 6.82. The quantitative estimate of drug-likeness (QED) is 0.240.